The van der Waals surface area contributed by atoms with E-state index in [4.69, 9.17) is 19.0 Å². The van der Waals surface area contributed by atoms with Gasteiger partial charge in [-0.05, 0) is 20.9 Å². The maximum Gasteiger partial charge on any atom is 0.163 e. The van der Waals surface area contributed by atoms with Crippen LogP contribution in [0.2, 0.25) is 0 Å². The molecule has 134 valence electrons. The first-order valence-electron chi connectivity index (χ1n) is 8.26. The van der Waals surface area contributed by atoms with Crippen LogP contribution in [0.5, 0.6) is 11.5 Å². The van der Waals surface area contributed by atoms with Crippen molar-refractivity contribution in [3.8, 4) is 11.5 Å². The summed E-state index contributed by atoms with van der Waals surface area (Å²) in [6, 6.07) is 3.89. The van der Waals surface area contributed by atoms with Crippen molar-refractivity contribution in [2.75, 3.05) is 27.8 Å². The monoisotopic (exact) mass is 344 g/mol. The van der Waals surface area contributed by atoms with Gasteiger partial charge in [0.2, 0.25) is 0 Å². The Labute approximate surface area is 146 Å². The number of methoxy groups -OCH3 is 2. The molecule has 0 aliphatic carbocycles. The number of hydrogen-bond donors (Lipinski definition) is 1. The van der Waals surface area contributed by atoms with Crippen LogP contribution in [0.1, 0.15) is 22.8 Å². The molecule has 0 aliphatic rings. The van der Waals surface area contributed by atoms with Gasteiger partial charge in [-0.1, -0.05) is 5.16 Å². The van der Waals surface area contributed by atoms with Crippen LogP contribution in [-0.2, 0) is 13.0 Å². The van der Waals surface area contributed by atoms with Crippen LogP contribution in [0, 0.1) is 13.8 Å². The van der Waals surface area contributed by atoms with Gasteiger partial charge in [0.1, 0.15) is 11.6 Å². The maximum atomic E-state index is 5.46. The average Bonchev–Trinajstić information content (AvgIpc) is 3.12. The Kier molecular flexibility index (Phi) is 4.94. The molecule has 0 spiro atoms. The van der Waals surface area contributed by atoms with Crippen LogP contribution in [0.4, 0.5) is 0 Å². The van der Waals surface area contributed by atoms with Crippen molar-refractivity contribution in [3.63, 3.8) is 0 Å². The largest absolute Gasteiger partial charge is 0.493 e. The summed E-state index contributed by atoms with van der Waals surface area (Å²) in [5, 5.41) is 7.24. The summed E-state index contributed by atoms with van der Waals surface area (Å²) in [7, 11) is 5.21. The number of nitrogens with one attached hydrogen (secondary N) is 1. The van der Waals surface area contributed by atoms with Crippen LogP contribution in [0.3, 0.4) is 0 Å². The van der Waals surface area contributed by atoms with E-state index in [0.29, 0.717) is 18.0 Å². The fourth-order valence-corrected chi connectivity index (χ4v) is 2.99. The summed E-state index contributed by atoms with van der Waals surface area (Å²) in [6.45, 7) is 5.40. The minimum absolute atomic E-state index is 0.659. The zero-order chi connectivity index (χ0) is 18.0. The highest BCUT2D eigenvalue weighted by Crippen LogP contribution is 2.33. The molecule has 1 N–H and O–H groups in total. The van der Waals surface area contributed by atoms with Gasteiger partial charge in [-0.15, -0.1) is 0 Å². The molecule has 0 saturated heterocycles. The van der Waals surface area contributed by atoms with Crippen LogP contribution in [0.15, 0.2) is 16.7 Å². The van der Waals surface area contributed by atoms with Crippen LogP contribution in [0.25, 0.3) is 11.0 Å². The van der Waals surface area contributed by atoms with Crippen molar-refractivity contribution in [2.24, 2.45) is 0 Å². The first-order valence-corrected chi connectivity index (χ1v) is 8.26. The summed E-state index contributed by atoms with van der Waals surface area (Å²) in [5.41, 5.74) is 3.87. The van der Waals surface area contributed by atoms with Gasteiger partial charge in [-0.3, -0.25) is 0 Å². The molecule has 0 radical (unpaired) electrons. The van der Waals surface area contributed by atoms with Gasteiger partial charge in [0.15, 0.2) is 11.5 Å². The van der Waals surface area contributed by atoms with E-state index < -0.39 is 0 Å². The lowest BCUT2D eigenvalue weighted by Gasteiger charge is -2.11. The number of aromatic nitrogens is 3. The van der Waals surface area contributed by atoms with Crippen LogP contribution >= 0.6 is 0 Å². The molecule has 2 aromatic heterocycles. The predicted octanol–water partition coefficient (Wildman–Crippen LogP) is 2.47. The molecule has 25 heavy (non-hydrogen) atoms. The van der Waals surface area contributed by atoms with E-state index >= 15 is 0 Å². The van der Waals surface area contributed by atoms with Crippen molar-refractivity contribution in [2.45, 2.75) is 26.8 Å². The quantitative estimate of drug-likeness (QED) is 0.710. The number of likely N-dealkylation sites (N-methyl/N-ethyl adjacent to an activating group) is 1. The van der Waals surface area contributed by atoms with Gasteiger partial charge in [0.05, 0.1) is 37.5 Å². The van der Waals surface area contributed by atoms with E-state index in [0.717, 1.165) is 46.8 Å². The van der Waals surface area contributed by atoms with Crippen molar-refractivity contribution in [3.05, 3.63) is 35.0 Å². The second-order valence-corrected chi connectivity index (χ2v) is 5.97. The Morgan fingerprint density at radius 1 is 1.16 bits per heavy atom. The zero-order valence-electron chi connectivity index (χ0n) is 15.3. The third-order valence-electron chi connectivity index (χ3n) is 4.43. The summed E-state index contributed by atoms with van der Waals surface area (Å²) in [6.07, 6.45) is 0.819. The van der Waals surface area contributed by atoms with E-state index in [1.807, 2.05) is 33.0 Å². The molecule has 0 saturated carbocycles. The third-order valence-corrected chi connectivity index (χ3v) is 4.43. The Bertz CT molecular complexity index is 863. The van der Waals surface area contributed by atoms with E-state index in [1.165, 1.54) is 0 Å². The van der Waals surface area contributed by atoms with Gasteiger partial charge in [0.25, 0.3) is 0 Å². The molecule has 2 heterocycles. The lowest BCUT2D eigenvalue weighted by Crippen LogP contribution is -2.15. The second kappa shape index (κ2) is 7.14. The molecular formula is C18H24N4O3. The summed E-state index contributed by atoms with van der Waals surface area (Å²) in [4.78, 5) is 4.81. The number of benzene rings is 1. The topological polar surface area (TPSA) is 74.3 Å². The minimum Gasteiger partial charge on any atom is -0.493 e. The van der Waals surface area contributed by atoms with Gasteiger partial charge in [-0.25, -0.2) is 4.98 Å². The van der Waals surface area contributed by atoms with Crippen molar-refractivity contribution >= 4 is 11.0 Å². The molecular weight excluding hydrogens is 320 g/mol. The summed E-state index contributed by atoms with van der Waals surface area (Å²) in [5.74, 6) is 3.20. The molecule has 3 rings (SSSR count). The van der Waals surface area contributed by atoms with Gasteiger partial charge in [0, 0.05) is 30.7 Å². The normalized spacial score (nSPS) is 11.2. The SMILES string of the molecule is CNCCc1nc2cc(OC)c(OC)cc2n1Cc1c(C)noc1C. The summed E-state index contributed by atoms with van der Waals surface area (Å²) >= 11 is 0. The number of imidazole rings is 1. The van der Waals surface area contributed by atoms with E-state index in [2.05, 4.69) is 15.0 Å². The lowest BCUT2D eigenvalue weighted by molar-refractivity contribution is 0.355. The fourth-order valence-electron chi connectivity index (χ4n) is 2.99. The molecule has 3 aromatic rings. The number of fused-ring (bicyclic) bond motifs is 1. The van der Waals surface area contributed by atoms with Gasteiger partial charge < -0.3 is 23.9 Å². The highest BCUT2D eigenvalue weighted by molar-refractivity contribution is 5.81. The van der Waals surface area contributed by atoms with E-state index in [1.54, 1.807) is 14.2 Å². The Morgan fingerprint density at radius 3 is 2.48 bits per heavy atom. The third kappa shape index (κ3) is 3.19. The highest BCUT2D eigenvalue weighted by atomic mass is 16.5. The van der Waals surface area contributed by atoms with Crippen LogP contribution < -0.4 is 14.8 Å². The predicted molar refractivity (Wildman–Crippen MR) is 95.5 cm³/mol. The van der Waals surface area contributed by atoms with Crippen molar-refractivity contribution in [1.82, 2.24) is 20.0 Å². The zero-order valence-corrected chi connectivity index (χ0v) is 15.3. The Morgan fingerprint density at radius 2 is 1.88 bits per heavy atom. The first kappa shape index (κ1) is 17.3. The average molecular weight is 344 g/mol. The standard InChI is InChI=1S/C18H24N4O3/c1-11-13(12(2)25-21-11)10-22-15-9-17(24-5)16(23-4)8-14(15)20-18(22)6-7-19-3/h8-9,19H,6-7,10H2,1-5H3. The van der Waals surface area contributed by atoms with Gasteiger partial charge in [-0.2, -0.15) is 0 Å². The second-order valence-electron chi connectivity index (χ2n) is 5.97. The number of rotatable bonds is 7. The van der Waals surface area contributed by atoms with Gasteiger partial charge >= 0.3 is 0 Å². The van der Waals surface area contributed by atoms with Crippen molar-refractivity contribution in [1.29, 1.82) is 0 Å². The maximum absolute atomic E-state index is 5.46. The lowest BCUT2D eigenvalue weighted by atomic mass is 10.2. The number of hydrogen-bond acceptors (Lipinski definition) is 6. The number of aryl methyl sites for hydroxylation is 2. The summed E-state index contributed by atoms with van der Waals surface area (Å²) < 4.78 is 18.4. The van der Waals surface area contributed by atoms with E-state index in [9.17, 15) is 0 Å². The molecule has 0 atom stereocenters. The molecule has 0 unspecified atom stereocenters. The molecule has 7 heteroatoms. The minimum atomic E-state index is 0.659. The fraction of sp³-hybridized carbons (Fsp3) is 0.444. The van der Waals surface area contributed by atoms with E-state index in [-0.39, 0.29) is 0 Å². The highest BCUT2D eigenvalue weighted by Gasteiger charge is 2.18. The molecule has 7 nitrogen and oxygen atoms in total. The molecule has 0 bridgehead atoms. The Hall–Kier alpha value is -2.54. The smallest absolute Gasteiger partial charge is 0.163 e. The number of ether oxygens (including phenoxy) is 2. The first-order chi connectivity index (χ1) is 12.1. The molecule has 0 aliphatic heterocycles. The molecule has 0 amide bonds. The Balaban J connectivity index is 2.15. The number of nitrogens with zero attached hydrogens (tertiary/aromatic N) is 3. The van der Waals surface area contributed by atoms with Crippen molar-refractivity contribution < 1.29 is 14.0 Å². The molecule has 0 fully saturated rings. The van der Waals surface area contributed by atoms with Crippen LogP contribution in [-0.4, -0.2) is 42.5 Å². The molecule has 1 aromatic carbocycles.